The first-order valence-corrected chi connectivity index (χ1v) is 0. The molecular weight excluding hydrogens is 400 g/mol. The maximum absolute atomic E-state index is 0. The molecule has 0 bridgehead atoms. The van der Waals surface area contributed by atoms with Crippen LogP contribution in [0.5, 0.6) is 0 Å². The fourth-order valence-corrected chi connectivity index (χ4v) is 0. The van der Waals surface area contributed by atoms with Gasteiger partial charge in [-0.05, 0) is 0 Å². The van der Waals surface area contributed by atoms with Crippen LogP contribution in [0.4, 0.5) is 0 Å². The van der Waals surface area contributed by atoms with Crippen molar-refractivity contribution >= 4 is 60.0 Å². The summed E-state index contributed by atoms with van der Waals surface area (Å²) in [5, 5.41) is 0. The fourth-order valence-electron chi connectivity index (χ4n) is 0. The minimum atomic E-state index is 0. The average molecular weight is 400 g/mol. The first-order valence-electron chi connectivity index (χ1n) is 0. The van der Waals surface area contributed by atoms with Crippen LogP contribution in [0.1, 0.15) is 0 Å². The Bertz CT molecular complexity index is 7.61. The van der Waals surface area contributed by atoms with Gasteiger partial charge in [-0.25, -0.2) is 0 Å². The molecule has 37 valence electrons. The van der Waals surface area contributed by atoms with Crippen LogP contribution in [0.25, 0.3) is 0 Å². The zero-order chi connectivity index (χ0) is 0. The molecule has 0 amide bonds. The van der Waals surface area contributed by atoms with Crippen LogP contribution < -0.4 is 0 Å². The molecule has 0 saturated carbocycles. The van der Waals surface area contributed by atoms with E-state index in [4.69, 9.17) is 0 Å². The topological polar surface area (TPSA) is 0 Å². The predicted octanol–water partition coefficient (Wildman–Crippen LogP) is -1.15. The number of rotatable bonds is 0. The molecular formula is Cu2InSe2. The maximum Gasteiger partial charge on any atom is 0 e. The van der Waals surface area contributed by atoms with Gasteiger partial charge >= 0.3 is 0 Å². The Balaban J connectivity index is 0. The molecule has 0 aromatic rings. The van der Waals surface area contributed by atoms with Gasteiger partial charge in [0.15, 0.2) is 0 Å². The SMILES string of the molecule is [Cu].[Cu].[In].[Se].[Se]. The second-order valence-corrected chi connectivity index (χ2v) is 0. The predicted molar refractivity (Wildman–Crippen MR) is 17.3 cm³/mol. The summed E-state index contributed by atoms with van der Waals surface area (Å²) in [6.07, 6.45) is 0. The summed E-state index contributed by atoms with van der Waals surface area (Å²) in [6.45, 7) is 0. The summed E-state index contributed by atoms with van der Waals surface area (Å²) in [5.74, 6) is 0. The van der Waals surface area contributed by atoms with E-state index in [-0.39, 0.29) is 94.1 Å². The van der Waals surface area contributed by atoms with Gasteiger partial charge in [-0.3, -0.25) is 0 Å². The summed E-state index contributed by atoms with van der Waals surface area (Å²) in [5.41, 5.74) is 0. The van der Waals surface area contributed by atoms with Gasteiger partial charge in [0, 0.05) is 94.1 Å². The Morgan fingerprint density at radius 3 is 0.600 bits per heavy atom. The van der Waals surface area contributed by atoms with Crippen molar-refractivity contribution in [2.75, 3.05) is 0 Å². The van der Waals surface area contributed by atoms with Crippen LogP contribution in [0.15, 0.2) is 0 Å². The van der Waals surface area contributed by atoms with E-state index in [0.717, 1.165) is 0 Å². The summed E-state index contributed by atoms with van der Waals surface area (Å²) in [4.78, 5) is 0. The molecule has 0 aliphatic carbocycles. The molecule has 0 atom stereocenters. The molecule has 0 spiro atoms. The van der Waals surface area contributed by atoms with Gasteiger partial charge < -0.3 is 0 Å². The van der Waals surface area contributed by atoms with E-state index in [0.29, 0.717) is 0 Å². The molecule has 9 radical (unpaired) electrons. The van der Waals surface area contributed by atoms with E-state index in [2.05, 4.69) is 0 Å². The number of hydrogen-bond acceptors (Lipinski definition) is 0. The Labute approximate surface area is 92.7 Å². The quantitative estimate of drug-likeness (QED) is 0.452. The molecule has 0 aliphatic rings. The van der Waals surface area contributed by atoms with Gasteiger partial charge in [0.05, 0.1) is 0 Å². The summed E-state index contributed by atoms with van der Waals surface area (Å²) >= 11 is 0. The van der Waals surface area contributed by atoms with Gasteiger partial charge in [0.2, 0.25) is 0 Å². The second-order valence-electron chi connectivity index (χ2n) is 0. The van der Waals surface area contributed by atoms with Crippen molar-refractivity contribution in [1.29, 1.82) is 0 Å². The summed E-state index contributed by atoms with van der Waals surface area (Å²) in [7, 11) is 0. The van der Waals surface area contributed by atoms with Crippen LogP contribution in [0, 0.1) is 0 Å². The van der Waals surface area contributed by atoms with Crippen molar-refractivity contribution in [2.24, 2.45) is 0 Å². The van der Waals surface area contributed by atoms with Gasteiger partial charge in [0.25, 0.3) is 0 Å². The third-order valence-corrected chi connectivity index (χ3v) is 0. The normalized spacial score (nSPS) is 0. The monoisotopic (exact) mass is 401 g/mol. The number of hydrogen-bond donors (Lipinski definition) is 0. The van der Waals surface area contributed by atoms with E-state index < -0.39 is 0 Å². The van der Waals surface area contributed by atoms with Crippen molar-refractivity contribution in [3.8, 4) is 0 Å². The van der Waals surface area contributed by atoms with Crippen LogP contribution in [-0.2, 0) is 34.1 Å². The van der Waals surface area contributed by atoms with E-state index in [1.807, 2.05) is 0 Å². The van der Waals surface area contributed by atoms with Crippen LogP contribution >= 0.6 is 0 Å². The van der Waals surface area contributed by atoms with E-state index in [9.17, 15) is 0 Å². The zero-order valence-electron chi connectivity index (χ0n) is 2.00. The Morgan fingerprint density at radius 2 is 0.600 bits per heavy atom. The van der Waals surface area contributed by atoms with Crippen molar-refractivity contribution in [3.63, 3.8) is 0 Å². The summed E-state index contributed by atoms with van der Waals surface area (Å²) in [6, 6.07) is 0. The minimum Gasteiger partial charge on any atom is 0 e. The largest absolute Gasteiger partial charge is 0 e. The molecule has 0 unspecified atom stereocenters. The third kappa shape index (κ3) is 19.6. The first-order chi connectivity index (χ1) is 0. The van der Waals surface area contributed by atoms with Crippen LogP contribution in [-0.4, -0.2) is 60.0 Å². The molecule has 0 aromatic carbocycles. The van der Waals surface area contributed by atoms with Crippen molar-refractivity contribution in [2.45, 2.75) is 0 Å². The van der Waals surface area contributed by atoms with Crippen molar-refractivity contribution < 1.29 is 34.1 Å². The summed E-state index contributed by atoms with van der Waals surface area (Å²) < 4.78 is 0. The van der Waals surface area contributed by atoms with E-state index in [1.54, 1.807) is 0 Å². The average Bonchev–Trinajstić information content (AvgIpc) is 0. The second kappa shape index (κ2) is 28.3. The third-order valence-electron chi connectivity index (χ3n) is 0. The minimum absolute atomic E-state index is 0. The molecule has 0 saturated heterocycles. The first kappa shape index (κ1) is 44.1. The van der Waals surface area contributed by atoms with Crippen LogP contribution in [0.3, 0.4) is 0 Å². The zero-order valence-corrected chi connectivity index (χ0v) is 10.6. The molecule has 0 rings (SSSR count). The van der Waals surface area contributed by atoms with Gasteiger partial charge in [-0.2, -0.15) is 0 Å². The van der Waals surface area contributed by atoms with Gasteiger partial charge in [-0.1, -0.05) is 0 Å². The van der Waals surface area contributed by atoms with Crippen LogP contribution in [0.2, 0.25) is 0 Å². The Kier molecular flexibility index (Phi) is 250. The molecule has 5 heteroatoms. The van der Waals surface area contributed by atoms with Gasteiger partial charge in [0.1, 0.15) is 0 Å². The Morgan fingerprint density at radius 1 is 0.600 bits per heavy atom. The maximum atomic E-state index is 0. The Hall–Kier alpha value is 2.95. The van der Waals surface area contributed by atoms with E-state index in [1.165, 1.54) is 0 Å². The smallest absolute Gasteiger partial charge is 0 e. The molecule has 0 heterocycles. The molecule has 0 aromatic heterocycles. The molecule has 0 fully saturated rings. The van der Waals surface area contributed by atoms with Crippen molar-refractivity contribution in [1.82, 2.24) is 0 Å². The molecule has 0 aliphatic heterocycles. The van der Waals surface area contributed by atoms with Crippen molar-refractivity contribution in [3.05, 3.63) is 0 Å². The molecule has 5 heavy (non-hydrogen) atoms. The molecule has 0 N–H and O–H groups in total. The fraction of sp³-hybridized carbons (Fsp3) is 0. The standard InChI is InChI=1S/2Cu.In.2Se. The van der Waals surface area contributed by atoms with E-state index >= 15 is 0 Å². The van der Waals surface area contributed by atoms with Gasteiger partial charge in [-0.15, -0.1) is 0 Å². The molecule has 0 nitrogen and oxygen atoms in total.